The number of hydrogen-bond donors (Lipinski definition) is 1. The molecular formula is C43H45Cl2N5O4. The topological polar surface area (TPSA) is 89.1 Å². The molecule has 2 spiro atoms. The molecule has 0 radical (unpaired) electrons. The van der Waals surface area contributed by atoms with Gasteiger partial charge in [0.25, 0.3) is 0 Å². The summed E-state index contributed by atoms with van der Waals surface area (Å²) in [4.78, 5) is 26.2. The lowest BCUT2D eigenvalue weighted by Crippen LogP contribution is -2.66. The van der Waals surface area contributed by atoms with Crippen LogP contribution in [0, 0.1) is 5.41 Å². The summed E-state index contributed by atoms with van der Waals surface area (Å²) >= 11 is 14.1. The van der Waals surface area contributed by atoms with Crippen molar-refractivity contribution in [2.75, 3.05) is 40.4 Å². The normalized spacial score (nSPS) is 21.2. The van der Waals surface area contributed by atoms with Crippen molar-refractivity contribution in [1.29, 1.82) is 0 Å². The Morgan fingerprint density at radius 1 is 0.833 bits per heavy atom. The van der Waals surface area contributed by atoms with Crippen molar-refractivity contribution < 1.29 is 19.0 Å². The third-order valence-electron chi connectivity index (χ3n) is 12.2. The van der Waals surface area contributed by atoms with Crippen molar-refractivity contribution in [3.8, 4) is 40.0 Å². The van der Waals surface area contributed by atoms with Crippen LogP contribution in [0.3, 0.4) is 0 Å². The number of amides is 1. The molecule has 2 aromatic carbocycles. The van der Waals surface area contributed by atoms with E-state index < -0.39 is 0 Å². The van der Waals surface area contributed by atoms with Crippen LogP contribution in [-0.4, -0.2) is 71.6 Å². The highest BCUT2D eigenvalue weighted by Gasteiger charge is 2.48. The van der Waals surface area contributed by atoms with Gasteiger partial charge in [-0.25, -0.2) is 4.98 Å². The van der Waals surface area contributed by atoms with E-state index in [0.717, 1.165) is 104 Å². The molecule has 11 heteroatoms. The van der Waals surface area contributed by atoms with Gasteiger partial charge in [-0.2, -0.15) is 4.98 Å². The molecule has 9 rings (SSSR count). The maximum Gasteiger partial charge on any atom is 0.236 e. The Balaban J connectivity index is 0.913. The highest BCUT2D eigenvalue weighted by Crippen LogP contribution is 2.49. The maximum atomic E-state index is 11.8. The fraction of sp³-hybridized carbons (Fsp3) is 0.419. The maximum absolute atomic E-state index is 11.8. The molecule has 5 heterocycles. The molecule has 1 saturated carbocycles. The molecule has 1 N–H and O–H groups in total. The second-order valence-corrected chi connectivity index (χ2v) is 16.8. The Morgan fingerprint density at radius 2 is 1.56 bits per heavy atom. The number of ether oxygens (including phenoxy) is 3. The number of allylic oxidation sites excluding steroid dienone is 1. The summed E-state index contributed by atoms with van der Waals surface area (Å²) in [6, 6.07) is 18.5. The van der Waals surface area contributed by atoms with Crippen molar-refractivity contribution in [2.45, 2.75) is 69.7 Å². The Labute approximate surface area is 326 Å². The monoisotopic (exact) mass is 765 g/mol. The summed E-state index contributed by atoms with van der Waals surface area (Å²) in [6.45, 7) is 9.48. The number of rotatable bonds is 10. The lowest BCUT2D eigenvalue weighted by atomic mass is 9.78. The molecular weight excluding hydrogens is 721 g/mol. The largest absolute Gasteiger partial charge is 0.481 e. The van der Waals surface area contributed by atoms with E-state index in [1.54, 1.807) is 14.2 Å². The predicted molar refractivity (Wildman–Crippen MR) is 210 cm³/mol. The first-order valence-electron chi connectivity index (χ1n) is 18.9. The van der Waals surface area contributed by atoms with Gasteiger partial charge < -0.3 is 19.5 Å². The predicted octanol–water partition coefficient (Wildman–Crippen LogP) is 8.21. The van der Waals surface area contributed by atoms with Crippen molar-refractivity contribution in [2.24, 2.45) is 5.41 Å². The molecule has 1 atom stereocenters. The first-order chi connectivity index (χ1) is 26.1. The first kappa shape index (κ1) is 35.5. The van der Waals surface area contributed by atoms with Crippen LogP contribution >= 0.6 is 23.2 Å². The van der Waals surface area contributed by atoms with Gasteiger partial charge in [-0.3, -0.25) is 14.6 Å². The average Bonchev–Trinajstić information content (AvgIpc) is 3.86. The van der Waals surface area contributed by atoms with Gasteiger partial charge in [-0.05, 0) is 72.8 Å². The summed E-state index contributed by atoms with van der Waals surface area (Å²) in [5.41, 5.74) is 9.66. The number of nitrogens with zero attached hydrogens (tertiary/aromatic N) is 4. The highest BCUT2D eigenvalue weighted by atomic mass is 35.5. The van der Waals surface area contributed by atoms with Crippen molar-refractivity contribution in [3.05, 3.63) is 99.0 Å². The van der Waals surface area contributed by atoms with Crippen molar-refractivity contribution in [3.63, 3.8) is 0 Å². The first-order valence-corrected chi connectivity index (χ1v) is 19.7. The van der Waals surface area contributed by atoms with Gasteiger partial charge in [0.05, 0.1) is 30.5 Å². The zero-order valence-electron chi connectivity index (χ0n) is 30.9. The molecule has 280 valence electrons. The van der Waals surface area contributed by atoms with Crippen LogP contribution in [-0.2, 0) is 24.3 Å². The quantitative estimate of drug-likeness (QED) is 0.162. The van der Waals surface area contributed by atoms with Gasteiger partial charge in [0, 0.05) is 67.9 Å². The zero-order chi connectivity index (χ0) is 37.2. The van der Waals surface area contributed by atoms with Crippen molar-refractivity contribution in [1.82, 2.24) is 25.1 Å². The minimum atomic E-state index is -0.226. The summed E-state index contributed by atoms with van der Waals surface area (Å²) in [5, 5.41) is 4.23. The summed E-state index contributed by atoms with van der Waals surface area (Å²) in [7, 11) is 3.30. The van der Waals surface area contributed by atoms with Gasteiger partial charge in [0.2, 0.25) is 23.5 Å². The third kappa shape index (κ3) is 6.43. The number of aromatic nitrogens is 2. The number of carbonyl (C=O) groups excluding carboxylic acids is 1. The minimum absolute atomic E-state index is 0.0929. The second kappa shape index (κ2) is 13.9. The third-order valence-corrected chi connectivity index (χ3v) is 12.8. The minimum Gasteiger partial charge on any atom is -0.481 e. The molecule has 0 bridgehead atoms. The van der Waals surface area contributed by atoms with E-state index in [1.807, 2.05) is 18.2 Å². The van der Waals surface area contributed by atoms with Crippen LogP contribution in [0.1, 0.15) is 66.9 Å². The fourth-order valence-electron chi connectivity index (χ4n) is 9.69. The highest BCUT2D eigenvalue weighted by molar-refractivity contribution is 6.36. The van der Waals surface area contributed by atoms with Crippen LogP contribution in [0.2, 0.25) is 10.0 Å². The van der Waals surface area contributed by atoms with Gasteiger partial charge in [-0.15, -0.1) is 0 Å². The SMILES string of the molecule is C=C1CCC2(C1)CN(Cc1ccc(-c3cccc(-c4cccc5c4CC[C@@H]5Oc4nc(OC)c(CN5CC6(CCC(=O)N6)C5)cc4Cl)c3Cl)nc1OC)C2. The van der Waals surface area contributed by atoms with Gasteiger partial charge in [0.1, 0.15) is 11.1 Å². The number of carbonyl (C=O) groups is 1. The van der Waals surface area contributed by atoms with E-state index in [2.05, 4.69) is 58.1 Å². The Bertz CT molecular complexity index is 2160. The number of halogens is 2. The molecule has 2 aromatic heterocycles. The molecule has 0 unspecified atom stereocenters. The number of nitrogens with one attached hydrogen (secondary N) is 1. The van der Waals surface area contributed by atoms with Crippen molar-refractivity contribution >= 4 is 29.1 Å². The van der Waals surface area contributed by atoms with E-state index in [-0.39, 0.29) is 17.6 Å². The van der Waals surface area contributed by atoms with E-state index in [0.29, 0.717) is 46.1 Å². The van der Waals surface area contributed by atoms with Gasteiger partial charge in [0.15, 0.2) is 0 Å². The van der Waals surface area contributed by atoms with Crippen LogP contribution < -0.4 is 19.5 Å². The molecule has 5 aliphatic rings. The van der Waals surface area contributed by atoms with Crippen LogP contribution in [0.25, 0.3) is 22.4 Å². The summed E-state index contributed by atoms with van der Waals surface area (Å²) in [5.74, 6) is 1.61. The van der Waals surface area contributed by atoms with Crippen LogP contribution in [0.15, 0.2) is 66.7 Å². The Hall–Kier alpha value is -4.15. The molecule has 3 saturated heterocycles. The fourth-order valence-corrected chi connectivity index (χ4v) is 10.2. The second-order valence-electron chi connectivity index (χ2n) is 16.0. The Morgan fingerprint density at radius 3 is 2.30 bits per heavy atom. The van der Waals surface area contributed by atoms with Gasteiger partial charge in [-0.1, -0.05) is 77.8 Å². The number of pyridine rings is 2. The molecule has 4 fully saturated rings. The number of hydrogen-bond acceptors (Lipinski definition) is 8. The molecule has 9 nitrogen and oxygen atoms in total. The smallest absolute Gasteiger partial charge is 0.236 e. The summed E-state index contributed by atoms with van der Waals surface area (Å²) in [6.07, 6.45) is 6.42. The van der Waals surface area contributed by atoms with E-state index in [9.17, 15) is 4.79 Å². The number of likely N-dealkylation sites (tertiary alicyclic amines) is 2. The van der Waals surface area contributed by atoms with E-state index in [4.69, 9.17) is 47.4 Å². The molecule has 1 amide bonds. The molecule has 3 aliphatic heterocycles. The standard InChI is InChI=1S/C43H45Cl2N5O4/c1-26-14-16-42(19-26)22-49(23-42)20-27-10-12-35(46-39(27)52-2)33-9-5-8-32(38(33)45)29-6-4-7-31-30(29)11-13-36(31)54-41-34(44)18-28(40(47-41)53-3)21-50-24-43(25-50)17-15-37(51)48-43/h4-10,12,18,36H,1,11,13-17,19-25H2,2-3H3,(H,48,51)/t36-/m0/s1. The number of benzene rings is 2. The number of methoxy groups -OCH3 is 2. The lowest BCUT2D eigenvalue weighted by molar-refractivity contribution is -0.120. The Kier molecular flexibility index (Phi) is 9.12. The molecule has 4 aromatic rings. The van der Waals surface area contributed by atoms with Crippen LogP contribution in [0.5, 0.6) is 17.6 Å². The number of fused-ring (bicyclic) bond motifs is 1. The average molecular weight is 767 g/mol. The van der Waals surface area contributed by atoms with E-state index >= 15 is 0 Å². The van der Waals surface area contributed by atoms with E-state index in [1.165, 1.54) is 17.6 Å². The van der Waals surface area contributed by atoms with Crippen LogP contribution in [0.4, 0.5) is 0 Å². The molecule has 54 heavy (non-hydrogen) atoms. The zero-order valence-corrected chi connectivity index (χ0v) is 32.4. The summed E-state index contributed by atoms with van der Waals surface area (Å²) < 4.78 is 18.1. The lowest BCUT2D eigenvalue weighted by Gasteiger charge is -2.48. The molecule has 2 aliphatic carbocycles. The van der Waals surface area contributed by atoms with Gasteiger partial charge >= 0.3 is 0 Å².